The summed E-state index contributed by atoms with van der Waals surface area (Å²) in [7, 11) is -0.634. The van der Waals surface area contributed by atoms with Gasteiger partial charge < -0.3 is 5.32 Å². The average molecular weight is 398 g/mol. The molecule has 1 fully saturated rings. The van der Waals surface area contributed by atoms with Crippen molar-refractivity contribution in [2.75, 3.05) is 20.6 Å². The van der Waals surface area contributed by atoms with Gasteiger partial charge in [-0.05, 0) is 24.6 Å². The quantitative estimate of drug-likeness (QED) is 0.789. The van der Waals surface area contributed by atoms with Crippen LogP contribution in [-0.2, 0) is 14.8 Å². The van der Waals surface area contributed by atoms with Crippen molar-refractivity contribution in [1.82, 2.24) is 14.9 Å². The minimum atomic E-state index is -3.52. The highest BCUT2D eigenvalue weighted by atomic mass is 35.5. The molecule has 1 aromatic rings. The van der Waals surface area contributed by atoms with Gasteiger partial charge in [0.05, 0.1) is 23.5 Å². The molecule has 0 spiro atoms. The third kappa shape index (κ3) is 5.10. The van der Waals surface area contributed by atoms with Crippen molar-refractivity contribution >= 4 is 28.3 Å². The van der Waals surface area contributed by atoms with E-state index in [9.17, 15) is 22.0 Å². The molecule has 1 aliphatic rings. The second kappa shape index (κ2) is 7.94. The first kappa shape index (κ1) is 21.8. The molecule has 2 unspecified atom stereocenters. The number of rotatable bonds is 5. The van der Waals surface area contributed by atoms with E-state index >= 15 is 0 Å². The van der Waals surface area contributed by atoms with Crippen molar-refractivity contribution in [2.45, 2.75) is 36.2 Å². The normalized spacial score (nSPS) is 20.8. The molecule has 1 amide bonds. The average Bonchev–Trinajstić information content (AvgIpc) is 2.87. The van der Waals surface area contributed by atoms with Crippen LogP contribution in [0.4, 0.5) is 8.78 Å². The van der Waals surface area contributed by atoms with Gasteiger partial charge in [0.2, 0.25) is 15.9 Å². The van der Waals surface area contributed by atoms with E-state index in [1.54, 1.807) is 19.1 Å². The van der Waals surface area contributed by atoms with Gasteiger partial charge in [-0.25, -0.2) is 21.5 Å². The van der Waals surface area contributed by atoms with Crippen LogP contribution in [0.5, 0.6) is 0 Å². The Morgan fingerprint density at radius 3 is 2.32 bits per heavy atom. The molecule has 1 heterocycles. The van der Waals surface area contributed by atoms with Crippen molar-refractivity contribution in [3.63, 3.8) is 0 Å². The fourth-order valence-electron chi connectivity index (χ4n) is 2.44. The van der Waals surface area contributed by atoms with E-state index in [1.807, 2.05) is 0 Å². The molecule has 1 aliphatic heterocycles. The lowest BCUT2D eigenvalue weighted by molar-refractivity contribution is -0.124. The molecule has 25 heavy (non-hydrogen) atoms. The lowest BCUT2D eigenvalue weighted by atomic mass is 10.1. The molecule has 0 aromatic heterocycles. The highest BCUT2D eigenvalue weighted by Gasteiger charge is 2.42. The molecule has 142 valence electrons. The summed E-state index contributed by atoms with van der Waals surface area (Å²) in [5.74, 6) is -3.36. The first-order valence-electron chi connectivity index (χ1n) is 7.47. The summed E-state index contributed by atoms with van der Waals surface area (Å²) in [5, 5.41) is 5.16. The summed E-state index contributed by atoms with van der Waals surface area (Å²) in [6.45, 7) is 1.21. The lowest BCUT2D eigenvalue weighted by Crippen LogP contribution is -2.41. The Hall–Kier alpha value is -1.29. The first-order chi connectivity index (χ1) is 11.0. The number of nitrogens with zero attached hydrogens (tertiary/aromatic N) is 1. The van der Waals surface area contributed by atoms with Crippen LogP contribution in [0.3, 0.4) is 0 Å². The van der Waals surface area contributed by atoms with E-state index in [2.05, 4.69) is 10.6 Å². The van der Waals surface area contributed by atoms with E-state index in [0.29, 0.717) is 5.56 Å². The monoisotopic (exact) mass is 397 g/mol. The van der Waals surface area contributed by atoms with Crippen LogP contribution in [-0.4, -0.2) is 51.2 Å². The Labute approximate surface area is 152 Å². The Bertz CT molecular complexity index is 711. The smallest absolute Gasteiger partial charge is 0.262 e. The number of alkyl halides is 2. The van der Waals surface area contributed by atoms with E-state index in [1.165, 1.54) is 26.2 Å². The van der Waals surface area contributed by atoms with Crippen LogP contribution in [0.25, 0.3) is 0 Å². The van der Waals surface area contributed by atoms with Crippen molar-refractivity contribution < 1.29 is 22.0 Å². The van der Waals surface area contributed by atoms with Gasteiger partial charge in [0, 0.05) is 20.5 Å². The van der Waals surface area contributed by atoms with Gasteiger partial charge in [-0.3, -0.25) is 10.1 Å². The summed E-state index contributed by atoms with van der Waals surface area (Å²) in [6, 6.07) is 4.75. The Balaban J connectivity index is 0.00000312. The number of carbonyl (C=O) groups excluding carboxylic acids is 1. The third-order valence-corrected chi connectivity index (χ3v) is 5.77. The summed E-state index contributed by atoms with van der Waals surface area (Å²) < 4.78 is 51.4. The second-order valence-electron chi connectivity index (χ2n) is 6.08. The minimum Gasteiger partial charge on any atom is -0.348 e. The molecule has 1 aromatic carbocycles. The molecule has 0 aliphatic carbocycles. The van der Waals surface area contributed by atoms with Crippen molar-refractivity contribution in [2.24, 2.45) is 0 Å². The fourth-order valence-corrected chi connectivity index (χ4v) is 3.34. The number of hydrogen-bond acceptors (Lipinski definition) is 4. The van der Waals surface area contributed by atoms with Gasteiger partial charge in [-0.1, -0.05) is 12.1 Å². The topological polar surface area (TPSA) is 78.5 Å². The Kier molecular flexibility index (Phi) is 6.91. The van der Waals surface area contributed by atoms with Crippen LogP contribution >= 0.6 is 12.4 Å². The maximum absolute atomic E-state index is 13.1. The number of amides is 1. The third-order valence-electron chi connectivity index (χ3n) is 3.94. The summed E-state index contributed by atoms with van der Waals surface area (Å²) >= 11 is 0. The highest BCUT2D eigenvalue weighted by molar-refractivity contribution is 7.89. The van der Waals surface area contributed by atoms with Crippen LogP contribution in [0.1, 0.15) is 24.9 Å². The number of carbonyl (C=O) groups is 1. The van der Waals surface area contributed by atoms with Crippen LogP contribution in [0, 0.1) is 0 Å². The van der Waals surface area contributed by atoms with Crippen molar-refractivity contribution in [1.29, 1.82) is 0 Å². The maximum atomic E-state index is 13.1. The van der Waals surface area contributed by atoms with E-state index < -0.39 is 46.9 Å². The molecule has 0 bridgehead atoms. The van der Waals surface area contributed by atoms with Gasteiger partial charge in [-0.2, -0.15) is 0 Å². The van der Waals surface area contributed by atoms with E-state index in [-0.39, 0.29) is 17.3 Å². The number of benzene rings is 1. The van der Waals surface area contributed by atoms with Gasteiger partial charge in [0.1, 0.15) is 0 Å². The zero-order valence-corrected chi connectivity index (χ0v) is 15.8. The Morgan fingerprint density at radius 1 is 1.32 bits per heavy atom. The van der Waals surface area contributed by atoms with Gasteiger partial charge in [0.25, 0.3) is 5.92 Å². The van der Waals surface area contributed by atoms with Crippen LogP contribution < -0.4 is 10.6 Å². The van der Waals surface area contributed by atoms with Crippen molar-refractivity contribution in [3.8, 4) is 0 Å². The molecule has 6 nitrogen and oxygen atoms in total. The summed E-state index contributed by atoms with van der Waals surface area (Å²) in [6.07, 6.45) is -0.522. The van der Waals surface area contributed by atoms with Crippen LogP contribution in [0.2, 0.25) is 0 Å². The van der Waals surface area contributed by atoms with Crippen molar-refractivity contribution in [3.05, 3.63) is 29.8 Å². The molecule has 2 N–H and O–H groups in total. The molecule has 10 heteroatoms. The van der Waals surface area contributed by atoms with E-state index in [0.717, 1.165) is 4.31 Å². The standard InChI is InChI=1S/C15H21F2N3O3S.ClH/c1-10(19-14(21)13-8-15(16,17)9-18-13)11-4-6-12(7-5-11)24(22,23)20(2)3;/h4-7,10,13,18H,8-9H2,1-3H3,(H,19,21);1H. The van der Waals surface area contributed by atoms with Crippen LogP contribution in [0.15, 0.2) is 29.2 Å². The minimum absolute atomic E-state index is 0. The predicted molar refractivity (Wildman–Crippen MR) is 92.5 cm³/mol. The molecular formula is C15H22ClF2N3O3S. The molecule has 2 atom stereocenters. The SMILES string of the molecule is CC(NC(=O)C1CC(F)(F)CN1)c1ccc(S(=O)(=O)N(C)C)cc1.Cl. The zero-order valence-electron chi connectivity index (χ0n) is 14.1. The molecule has 2 rings (SSSR count). The number of halogens is 3. The molecule has 0 radical (unpaired) electrons. The van der Waals surface area contributed by atoms with Gasteiger partial charge in [0.15, 0.2) is 0 Å². The second-order valence-corrected chi connectivity index (χ2v) is 8.23. The molecule has 1 saturated heterocycles. The number of hydrogen-bond donors (Lipinski definition) is 2. The van der Waals surface area contributed by atoms with Gasteiger partial charge in [-0.15, -0.1) is 12.4 Å². The summed E-state index contributed by atoms with van der Waals surface area (Å²) in [5.41, 5.74) is 0.686. The highest BCUT2D eigenvalue weighted by Crippen LogP contribution is 2.25. The zero-order chi connectivity index (χ0) is 18.1. The predicted octanol–water partition coefficient (Wildman–Crippen LogP) is 1.53. The molecule has 0 saturated carbocycles. The summed E-state index contributed by atoms with van der Waals surface area (Å²) in [4.78, 5) is 12.2. The fraction of sp³-hybridized carbons (Fsp3) is 0.533. The lowest BCUT2D eigenvalue weighted by Gasteiger charge is -2.18. The molecular weight excluding hydrogens is 376 g/mol. The number of nitrogens with one attached hydrogen (secondary N) is 2. The van der Waals surface area contributed by atoms with E-state index in [4.69, 9.17) is 0 Å². The number of sulfonamides is 1. The first-order valence-corrected chi connectivity index (χ1v) is 8.91. The Morgan fingerprint density at radius 2 is 1.88 bits per heavy atom. The van der Waals surface area contributed by atoms with Gasteiger partial charge >= 0.3 is 0 Å². The largest absolute Gasteiger partial charge is 0.348 e. The maximum Gasteiger partial charge on any atom is 0.262 e.